The molecular formula is C10H15N3O3. The number of nitrogens with one attached hydrogen (secondary N) is 1. The van der Waals surface area contributed by atoms with E-state index in [4.69, 9.17) is 5.11 Å². The summed E-state index contributed by atoms with van der Waals surface area (Å²) in [7, 11) is 1.86. The molecule has 0 bridgehead atoms. The maximum Gasteiger partial charge on any atom is 0.303 e. The van der Waals surface area contributed by atoms with Crippen molar-refractivity contribution in [3.8, 4) is 0 Å². The van der Waals surface area contributed by atoms with E-state index in [2.05, 4.69) is 10.3 Å². The van der Waals surface area contributed by atoms with Crippen LogP contribution in [0.3, 0.4) is 0 Å². The number of hydrogen-bond donors (Lipinski definition) is 2. The van der Waals surface area contributed by atoms with Gasteiger partial charge in [0.05, 0.1) is 6.33 Å². The van der Waals surface area contributed by atoms with Crippen molar-refractivity contribution in [2.24, 2.45) is 7.05 Å². The fraction of sp³-hybridized carbons (Fsp3) is 0.500. The van der Waals surface area contributed by atoms with Crippen LogP contribution >= 0.6 is 0 Å². The number of amides is 1. The lowest BCUT2D eigenvalue weighted by Gasteiger charge is -2.14. The second kappa shape index (κ2) is 5.89. The van der Waals surface area contributed by atoms with Crippen molar-refractivity contribution in [2.75, 3.05) is 0 Å². The van der Waals surface area contributed by atoms with Gasteiger partial charge in [-0.1, -0.05) is 0 Å². The summed E-state index contributed by atoms with van der Waals surface area (Å²) in [5, 5.41) is 11.2. The Balaban J connectivity index is 2.53. The van der Waals surface area contributed by atoms with Crippen LogP contribution in [0.5, 0.6) is 0 Å². The zero-order valence-corrected chi connectivity index (χ0v) is 9.09. The predicted octanol–water partition coefficient (Wildman–Crippen LogP) is -0.0580. The molecule has 1 amide bonds. The number of aryl methyl sites for hydroxylation is 1. The molecule has 1 rings (SSSR count). The molecule has 2 N–H and O–H groups in total. The summed E-state index contributed by atoms with van der Waals surface area (Å²) >= 11 is 0. The number of imidazole rings is 1. The lowest BCUT2D eigenvalue weighted by Crippen LogP contribution is -2.31. The molecule has 0 aliphatic rings. The number of carbonyl (C=O) groups excluding carboxylic acids is 1. The van der Waals surface area contributed by atoms with Gasteiger partial charge in [0.1, 0.15) is 0 Å². The second-order valence-corrected chi connectivity index (χ2v) is 3.61. The highest BCUT2D eigenvalue weighted by atomic mass is 16.4. The van der Waals surface area contributed by atoms with Crippen molar-refractivity contribution >= 4 is 12.4 Å². The standard InChI is InChI=1S/C10H15N3O3/c1-13-6-11-5-9(13)4-8(12-7-14)2-3-10(15)16/h5-8H,2-4H2,1H3,(H,12,14)(H,15,16). The van der Waals surface area contributed by atoms with Gasteiger partial charge in [0.25, 0.3) is 0 Å². The van der Waals surface area contributed by atoms with Gasteiger partial charge in [-0.2, -0.15) is 0 Å². The van der Waals surface area contributed by atoms with Crippen molar-refractivity contribution in [1.82, 2.24) is 14.9 Å². The van der Waals surface area contributed by atoms with Gasteiger partial charge >= 0.3 is 5.97 Å². The van der Waals surface area contributed by atoms with Crippen LogP contribution in [0.4, 0.5) is 0 Å². The van der Waals surface area contributed by atoms with E-state index in [1.807, 2.05) is 11.6 Å². The quantitative estimate of drug-likeness (QED) is 0.637. The van der Waals surface area contributed by atoms with Gasteiger partial charge in [0.15, 0.2) is 0 Å². The number of aliphatic carboxylic acids is 1. The maximum absolute atomic E-state index is 10.4. The predicted molar refractivity (Wildman–Crippen MR) is 56.8 cm³/mol. The first-order valence-corrected chi connectivity index (χ1v) is 5.00. The normalized spacial score (nSPS) is 12.1. The number of carboxylic acids is 1. The minimum absolute atomic E-state index is 0.0450. The van der Waals surface area contributed by atoms with E-state index in [0.717, 1.165) is 5.69 Å². The van der Waals surface area contributed by atoms with Gasteiger partial charge < -0.3 is 15.0 Å². The van der Waals surface area contributed by atoms with E-state index in [1.54, 1.807) is 12.5 Å². The van der Waals surface area contributed by atoms with Crippen LogP contribution in [0.1, 0.15) is 18.5 Å². The van der Waals surface area contributed by atoms with Crippen molar-refractivity contribution in [1.29, 1.82) is 0 Å². The van der Waals surface area contributed by atoms with E-state index in [0.29, 0.717) is 19.3 Å². The largest absolute Gasteiger partial charge is 0.481 e. The lowest BCUT2D eigenvalue weighted by atomic mass is 10.1. The molecule has 1 atom stereocenters. The lowest BCUT2D eigenvalue weighted by molar-refractivity contribution is -0.137. The first-order valence-electron chi connectivity index (χ1n) is 5.00. The molecule has 1 heterocycles. The van der Waals surface area contributed by atoms with E-state index < -0.39 is 5.97 Å². The number of carbonyl (C=O) groups is 2. The topological polar surface area (TPSA) is 84.2 Å². The van der Waals surface area contributed by atoms with Gasteiger partial charge in [-0.25, -0.2) is 4.98 Å². The third-order valence-corrected chi connectivity index (χ3v) is 2.38. The third kappa shape index (κ3) is 3.72. The Bertz CT molecular complexity index is 362. The van der Waals surface area contributed by atoms with Gasteiger partial charge in [0.2, 0.25) is 6.41 Å². The second-order valence-electron chi connectivity index (χ2n) is 3.61. The van der Waals surface area contributed by atoms with Crippen LogP contribution in [-0.4, -0.2) is 33.1 Å². The summed E-state index contributed by atoms with van der Waals surface area (Å²) in [6.07, 6.45) is 5.03. The van der Waals surface area contributed by atoms with Crippen LogP contribution in [0, 0.1) is 0 Å². The van der Waals surface area contributed by atoms with Crippen molar-refractivity contribution < 1.29 is 14.7 Å². The smallest absolute Gasteiger partial charge is 0.303 e. The van der Waals surface area contributed by atoms with Crippen LogP contribution in [0.15, 0.2) is 12.5 Å². The number of nitrogens with zero attached hydrogens (tertiary/aromatic N) is 2. The SMILES string of the molecule is Cn1cncc1CC(CCC(=O)O)NC=O. The Morgan fingerprint density at radius 3 is 3.00 bits per heavy atom. The summed E-state index contributed by atoms with van der Waals surface area (Å²) in [6, 6.07) is -0.163. The molecule has 0 fully saturated rings. The molecule has 16 heavy (non-hydrogen) atoms. The van der Waals surface area contributed by atoms with Gasteiger partial charge in [-0.15, -0.1) is 0 Å². The van der Waals surface area contributed by atoms with Gasteiger partial charge in [-0.3, -0.25) is 9.59 Å². The van der Waals surface area contributed by atoms with Crippen LogP contribution in [-0.2, 0) is 23.1 Å². The van der Waals surface area contributed by atoms with Crippen molar-refractivity contribution in [2.45, 2.75) is 25.3 Å². The molecule has 0 aromatic carbocycles. The Morgan fingerprint density at radius 1 is 1.75 bits per heavy atom. The maximum atomic E-state index is 10.4. The molecule has 6 nitrogen and oxygen atoms in total. The van der Waals surface area contributed by atoms with Crippen LogP contribution in [0.2, 0.25) is 0 Å². The first kappa shape index (κ1) is 12.2. The fourth-order valence-corrected chi connectivity index (χ4v) is 1.47. The summed E-state index contributed by atoms with van der Waals surface area (Å²) < 4.78 is 1.85. The van der Waals surface area contributed by atoms with Crippen LogP contribution < -0.4 is 5.32 Å². The number of aromatic nitrogens is 2. The number of rotatable bonds is 7. The Labute approximate surface area is 93.3 Å². The molecule has 88 valence electrons. The van der Waals surface area contributed by atoms with E-state index in [-0.39, 0.29) is 12.5 Å². The average Bonchev–Trinajstić information content (AvgIpc) is 2.61. The molecule has 0 aliphatic carbocycles. The minimum atomic E-state index is -0.859. The van der Waals surface area contributed by atoms with Crippen LogP contribution in [0.25, 0.3) is 0 Å². The van der Waals surface area contributed by atoms with Gasteiger partial charge in [0, 0.05) is 37.8 Å². The molecule has 1 aromatic rings. The number of hydrogen-bond acceptors (Lipinski definition) is 3. The summed E-state index contributed by atoms with van der Waals surface area (Å²) in [6.45, 7) is 0. The Kier molecular flexibility index (Phi) is 4.50. The molecule has 1 aromatic heterocycles. The average molecular weight is 225 g/mol. The molecule has 0 saturated carbocycles. The third-order valence-electron chi connectivity index (χ3n) is 2.38. The molecule has 1 unspecified atom stereocenters. The summed E-state index contributed by atoms with van der Waals surface area (Å²) in [5.41, 5.74) is 0.963. The van der Waals surface area contributed by atoms with Crippen molar-refractivity contribution in [3.05, 3.63) is 18.2 Å². The molecule has 0 spiro atoms. The highest BCUT2D eigenvalue weighted by Crippen LogP contribution is 2.06. The van der Waals surface area contributed by atoms with E-state index in [1.165, 1.54) is 0 Å². The number of carboxylic acid groups (broad SMARTS) is 1. The molecule has 0 radical (unpaired) electrons. The van der Waals surface area contributed by atoms with Gasteiger partial charge in [-0.05, 0) is 6.42 Å². The first-order chi connectivity index (χ1) is 7.63. The molecular weight excluding hydrogens is 210 g/mol. The monoisotopic (exact) mass is 225 g/mol. The Morgan fingerprint density at radius 2 is 2.50 bits per heavy atom. The minimum Gasteiger partial charge on any atom is -0.481 e. The highest BCUT2D eigenvalue weighted by Gasteiger charge is 2.12. The summed E-state index contributed by atoms with van der Waals surface area (Å²) in [4.78, 5) is 24.8. The molecule has 0 saturated heterocycles. The molecule has 6 heteroatoms. The van der Waals surface area contributed by atoms with Crippen molar-refractivity contribution in [3.63, 3.8) is 0 Å². The Hall–Kier alpha value is -1.85. The van der Waals surface area contributed by atoms with E-state index >= 15 is 0 Å². The van der Waals surface area contributed by atoms with E-state index in [9.17, 15) is 9.59 Å². The zero-order valence-electron chi connectivity index (χ0n) is 9.09. The molecule has 0 aliphatic heterocycles. The summed E-state index contributed by atoms with van der Waals surface area (Å²) in [5.74, 6) is -0.859. The highest BCUT2D eigenvalue weighted by molar-refractivity contribution is 5.66. The fourth-order valence-electron chi connectivity index (χ4n) is 1.47. The zero-order chi connectivity index (χ0) is 12.0.